The third-order valence-electron chi connectivity index (χ3n) is 4.38. The summed E-state index contributed by atoms with van der Waals surface area (Å²) in [7, 11) is 0. The Hall–Kier alpha value is -2.76. The zero-order valence-corrected chi connectivity index (χ0v) is 17.1. The Balaban J connectivity index is 2.33. The molecule has 0 spiro atoms. The van der Waals surface area contributed by atoms with Gasteiger partial charge in [-0.3, -0.25) is 19.7 Å². The third kappa shape index (κ3) is 5.65. The number of nitro groups is 1. The highest BCUT2D eigenvalue weighted by Crippen LogP contribution is 2.29. The largest absolute Gasteiger partial charge is 0.463 e. The van der Waals surface area contributed by atoms with Crippen molar-refractivity contribution in [3.8, 4) is 5.75 Å². The number of rotatable bonds is 6. The van der Waals surface area contributed by atoms with Crippen LogP contribution in [0.3, 0.4) is 0 Å². The van der Waals surface area contributed by atoms with E-state index in [1.54, 1.807) is 20.8 Å². The molecule has 2 rings (SSSR count). The van der Waals surface area contributed by atoms with Gasteiger partial charge in [0, 0.05) is 19.1 Å². The van der Waals surface area contributed by atoms with E-state index in [4.69, 9.17) is 14.2 Å². The molecule has 1 aliphatic rings. The molecule has 3 N–H and O–H groups in total. The zero-order chi connectivity index (χ0) is 22.6. The molecule has 1 amide bonds. The fraction of sp³-hybridized carbons (Fsp3) is 0.579. The Morgan fingerprint density at radius 1 is 1.27 bits per heavy atom. The smallest absolute Gasteiger partial charge is 0.311 e. The van der Waals surface area contributed by atoms with Gasteiger partial charge in [0.15, 0.2) is 6.10 Å². The highest BCUT2D eigenvalue weighted by molar-refractivity contribution is 5.76. The lowest BCUT2D eigenvalue weighted by Crippen LogP contribution is -2.66. The summed E-state index contributed by atoms with van der Waals surface area (Å²) in [6.45, 7) is 5.52. The van der Waals surface area contributed by atoms with E-state index in [1.807, 2.05) is 0 Å². The summed E-state index contributed by atoms with van der Waals surface area (Å²) in [5, 5.41) is 33.5. The number of amides is 1. The van der Waals surface area contributed by atoms with Gasteiger partial charge in [0.25, 0.3) is 5.69 Å². The Bertz CT molecular complexity index is 775. The standard InChI is InChI=1S/C19H26N2O9/c1-10(23)20-14-16(30-18(25)19(2,3)4)15(24)13(9-22)29-17(14)28-12-7-5-11(6-8-12)21(26)27/h5-8,13-17,22,24H,9H2,1-4H3,(H,20,23)/t13-,14-,15+,16-,17+/m1/s1. The lowest BCUT2D eigenvalue weighted by molar-refractivity contribution is -0.384. The van der Waals surface area contributed by atoms with Crippen molar-refractivity contribution in [2.45, 2.75) is 58.3 Å². The molecule has 1 saturated heterocycles. The summed E-state index contributed by atoms with van der Waals surface area (Å²) >= 11 is 0. The molecule has 1 heterocycles. The number of nitro benzene ring substituents is 1. The van der Waals surface area contributed by atoms with Gasteiger partial charge in [-0.15, -0.1) is 0 Å². The van der Waals surface area contributed by atoms with Crippen molar-refractivity contribution >= 4 is 17.6 Å². The number of aliphatic hydroxyl groups is 2. The van der Waals surface area contributed by atoms with E-state index in [0.717, 1.165) is 0 Å². The van der Waals surface area contributed by atoms with Gasteiger partial charge in [0.2, 0.25) is 12.2 Å². The second kappa shape index (κ2) is 9.37. The van der Waals surface area contributed by atoms with E-state index in [-0.39, 0.29) is 11.4 Å². The fourth-order valence-electron chi connectivity index (χ4n) is 2.78. The lowest BCUT2D eigenvalue weighted by atomic mass is 9.94. The first-order valence-electron chi connectivity index (χ1n) is 9.27. The number of nitrogens with zero attached hydrogens (tertiary/aromatic N) is 1. The number of hydrogen-bond donors (Lipinski definition) is 3. The number of benzene rings is 1. The number of aliphatic hydroxyl groups excluding tert-OH is 2. The Morgan fingerprint density at radius 2 is 1.87 bits per heavy atom. The van der Waals surface area contributed by atoms with Crippen LogP contribution in [0.15, 0.2) is 24.3 Å². The fourth-order valence-corrected chi connectivity index (χ4v) is 2.78. The first-order chi connectivity index (χ1) is 13.9. The Morgan fingerprint density at radius 3 is 2.33 bits per heavy atom. The van der Waals surface area contributed by atoms with Crippen molar-refractivity contribution in [3.05, 3.63) is 34.4 Å². The molecule has 0 unspecified atom stereocenters. The first kappa shape index (κ1) is 23.5. The van der Waals surface area contributed by atoms with E-state index >= 15 is 0 Å². The molecule has 30 heavy (non-hydrogen) atoms. The minimum absolute atomic E-state index is 0.147. The average Bonchev–Trinajstić information content (AvgIpc) is 2.65. The normalized spacial score (nSPS) is 26.5. The molecule has 1 aromatic rings. The maximum atomic E-state index is 12.4. The Labute approximate surface area is 173 Å². The molecule has 5 atom stereocenters. The number of carbonyl (C=O) groups excluding carboxylic acids is 2. The van der Waals surface area contributed by atoms with E-state index in [9.17, 15) is 29.9 Å². The Kier molecular flexibility index (Phi) is 7.34. The monoisotopic (exact) mass is 426 g/mol. The summed E-state index contributed by atoms with van der Waals surface area (Å²) in [6, 6.07) is 4.01. The van der Waals surface area contributed by atoms with Crippen LogP contribution in [-0.4, -0.2) is 64.3 Å². The van der Waals surface area contributed by atoms with Crippen LogP contribution in [0.4, 0.5) is 5.69 Å². The SMILES string of the molecule is CC(=O)N[C@H]1[C@@H](Oc2ccc([N+](=O)[O-])cc2)O[C@H](CO)[C@H](O)[C@@H]1OC(=O)C(C)(C)C. The summed E-state index contributed by atoms with van der Waals surface area (Å²) in [5.41, 5.74) is -1.03. The molecule has 0 aromatic heterocycles. The van der Waals surface area contributed by atoms with Gasteiger partial charge < -0.3 is 29.7 Å². The number of ether oxygens (including phenoxy) is 3. The van der Waals surface area contributed by atoms with Gasteiger partial charge >= 0.3 is 5.97 Å². The predicted octanol–water partition coefficient (Wildman–Crippen LogP) is 0.514. The number of nitrogens with one attached hydrogen (secondary N) is 1. The maximum Gasteiger partial charge on any atom is 0.311 e. The maximum absolute atomic E-state index is 12.4. The minimum atomic E-state index is -1.44. The van der Waals surface area contributed by atoms with Crippen LogP contribution in [-0.2, 0) is 19.1 Å². The summed E-state index contributed by atoms with van der Waals surface area (Å²) < 4.78 is 16.8. The van der Waals surface area contributed by atoms with E-state index in [0.29, 0.717) is 0 Å². The number of non-ortho nitro benzene ring substituents is 1. The topological polar surface area (TPSA) is 157 Å². The highest BCUT2D eigenvalue weighted by Gasteiger charge is 2.49. The highest BCUT2D eigenvalue weighted by atomic mass is 16.7. The number of esters is 1. The molecular weight excluding hydrogens is 400 g/mol. The molecule has 0 radical (unpaired) electrons. The lowest BCUT2D eigenvalue weighted by Gasteiger charge is -2.44. The quantitative estimate of drug-likeness (QED) is 0.335. The van der Waals surface area contributed by atoms with Gasteiger partial charge in [-0.05, 0) is 32.9 Å². The molecule has 1 fully saturated rings. The summed E-state index contributed by atoms with van der Waals surface area (Å²) in [6.07, 6.45) is -5.12. The van der Waals surface area contributed by atoms with E-state index in [1.165, 1.54) is 31.2 Å². The van der Waals surface area contributed by atoms with Gasteiger partial charge in [-0.2, -0.15) is 0 Å². The second-order valence-electron chi connectivity index (χ2n) is 7.93. The van der Waals surface area contributed by atoms with E-state index < -0.39 is 59.5 Å². The van der Waals surface area contributed by atoms with Crippen molar-refractivity contribution < 1.29 is 38.9 Å². The minimum Gasteiger partial charge on any atom is -0.463 e. The molecule has 11 nitrogen and oxygen atoms in total. The van der Waals surface area contributed by atoms with Gasteiger partial charge in [0.05, 0.1) is 16.9 Å². The summed E-state index contributed by atoms with van der Waals surface area (Å²) in [4.78, 5) is 34.4. The van der Waals surface area contributed by atoms with Gasteiger partial charge in [0.1, 0.15) is 24.0 Å². The van der Waals surface area contributed by atoms with Gasteiger partial charge in [-0.25, -0.2) is 0 Å². The molecule has 0 saturated carbocycles. The molecular formula is C19H26N2O9. The van der Waals surface area contributed by atoms with Crippen LogP contribution in [0.25, 0.3) is 0 Å². The van der Waals surface area contributed by atoms with Crippen LogP contribution < -0.4 is 10.1 Å². The molecule has 0 aliphatic carbocycles. The zero-order valence-electron chi connectivity index (χ0n) is 17.1. The molecule has 11 heteroatoms. The number of carbonyl (C=O) groups is 2. The van der Waals surface area contributed by atoms with Gasteiger partial charge in [-0.1, -0.05) is 0 Å². The molecule has 0 bridgehead atoms. The van der Waals surface area contributed by atoms with Crippen molar-refractivity contribution in [2.75, 3.05) is 6.61 Å². The average molecular weight is 426 g/mol. The molecule has 166 valence electrons. The van der Waals surface area contributed by atoms with Crippen LogP contribution >= 0.6 is 0 Å². The number of hydrogen-bond acceptors (Lipinski definition) is 9. The second-order valence-corrected chi connectivity index (χ2v) is 7.93. The first-order valence-corrected chi connectivity index (χ1v) is 9.27. The summed E-state index contributed by atoms with van der Waals surface area (Å²) in [5.74, 6) is -0.947. The predicted molar refractivity (Wildman–Crippen MR) is 102 cm³/mol. The van der Waals surface area contributed by atoms with E-state index in [2.05, 4.69) is 5.32 Å². The van der Waals surface area contributed by atoms with Crippen molar-refractivity contribution in [2.24, 2.45) is 5.41 Å². The molecule has 1 aliphatic heterocycles. The molecule has 1 aromatic carbocycles. The van der Waals surface area contributed by atoms with Crippen molar-refractivity contribution in [1.82, 2.24) is 5.32 Å². The van der Waals surface area contributed by atoms with Crippen LogP contribution in [0.1, 0.15) is 27.7 Å². The van der Waals surface area contributed by atoms with Crippen LogP contribution in [0, 0.1) is 15.5 Å². The van der Waals surface area contributed by atoms with Crippen LogP contribution in [0.5, 0.6) is 5.75 Å². The van der Waals surface area contributed by atoms with Crippen LogP contribution in [0.2, 0.25) is 0 Å². The third-order valence-corrected chi connectivity index (χ3v) is 4.38. The van der Waals surface area contributed by atoms with Crippen molar-refractivity contribution in [3.63, 3.8) is 0 Å². The van der Waals surface area contributed by atoms with Crippen molar-refractivity contribution in [1.29, 1.82) is 0 Å².